The quantitative estimate of drug-likeness (QED) is 0.301. The minimum atomic E-state index is -1.73. The third-order valence-corrected chi connectivity index (χ3v) is 2.72. The Morgan fingerprint density at radius 3 is 1.12 bits per heavy atom. The number of thiocarbonyl (C=S) groups is 2. The van der Waals surface area contributed by atoms with Crippen molar-refractivity contribution in [1.82, 2.24) is 0 Å². The average molecular weight is 405 g/mol. The molecule has 0 aliphatic heterocycles. The van der Waals surface area contributed by atoms with Crippen LogP contribution in [0.2, 0.25) is 0 Å². The van der Waals surface area contributed by atoms with Crippen molar-refractivity contribution in [3.8, 4) is 0 Å². The molecule has 0 rings (SSSR count). The Morgan fingerprint density at radius 1 is 0.917 bits per heavy atom. The Hall–Kier alpha value is -0.783. The van der Waals surface area contributed by atoms with E-state index in [4.69, 9.17) is 23.5 Å². The van der Waals surface area contributed by atoms with Gasteiger partial charge in [0.15, 0.2) is 0 Å². The predicted octanol–water partition coefficient (Wildman–Crippen LogP) is 3.00. The molecule has 0 aromatic carbocycles. The van der Waals surface area contributed by atoms with Gasteiger partial charge in [0.2, 0.25) is 0 Å². The van der Waals surface area contributed by atoms with Crippen LogP contribution in [0.4, 0.5) is 0 Å². The number of hydrogen-bond donors (Lipinski definition) is 4. The van der Waals surface area contributed by atoms with Gasteiger partial charge in [-0.25, -0.2) is 0 Å². The molecule has 0 radical (unpaired) electrons. The molecule has 0 bridgehead atoms. The van der Waals surface area contributed by atoms with Crippen LogP contribution in [0.5, 0.6) is 0 Å². The van der Waals surface area contributed by atoms with Crippen molar-refractivity contribution in [1.29, 1.82) is 0 Å². The Kier molecular flexibility index (Phi) is 54.7. The van der Waals surface area contributed by atoms with E-state index in [-0.39, 0.29) is 0 Å². The van der Waals surface area contributed by atoms with Crippen molar-refractivity contribution in [3.63, 3.8) is 0 Å². The highest BCUT2D eigenvalue weighted by Gasteiger charge is 2.11. The first kappa shape index (κ1) is 34.5. The highest BCUT2D eigenvalue weighted by atomic mass is 32.1. The van der Waals surface area contributed by atoms with E-state index < -0.39 is 19.9 Å². The summed E-state index contributed by atoms with van der Waals surface area (Å²) in [6.07, 6.45) is 3.00. The van der Waals surface area contributed by atoms with Gasteiger partial charge in [-0.1, -0.05) is 26.3 Å². The summed E-state index contributed by atoms with van der Waals surface area (Å²) < 4.78 is 15.7. The fourth-order valence-electron chi connectivity index (χ4n) is 0.553. The summed E-state index contributed by atoms with van der Waals surface area (Å²) in [5.41, 5.74) is 8.80. The van der Waals surface area contributed by atoms with E-state index in [0.29, 0.717) is 19.8 Å². The molecule has 0 aromatic heterocycles. The molecule has 7 nitrogen and oxygen atoms in total. The van der Waals surface area contributed by atoms with E-state index >= 15 is 0 Å². The maximum Gasteiger partial charge on any atom is 0.484 e. The van der Waals surface area contributed by atoms with Crippen LogP contribution >= 0.6 is 24.4 Å². The van der Waals surface area contributed by atoms with E-state index in [1.165, 1.54) is 6.42 Å². The van der Waals surface area contributed by atoms with Crippen LogP contribution in [0.15, 0.2) is 12.7 Å². The van der Waals surface area contributed by atoms with Crippen molar-refractivity contribution in [2.45, 2.75) is 48.0 Å². The average Bonchev–Trinajstić information content (AvgIpc) is 2.40. The van der Waals surface area contributed by atoms with Gasteiger partial charge in [0.05, 0.1) is 0 Å². The number of rotatable bonds is 6. The number of aliphatic hydroxyl groups is 2. The number of allylic oxidation sites excluding steroid dienone is 1. The van der Waals surface area contributed by atoms with Gasteiger partial charge in [0, 0.05) is 19.8 Å². The van der Waals surface area contributed by atoms with Crippen LogP contribution in [0.1, 0.15) is 48.0 Å². The molecule has 0 fully saturated rings. The lowest BCUT2D eigenvalue weighted by Crippen LogP contribution is -2.27. The molecule has 0 atom stereocenters. The van der Waals surface area contributed by atoms with Gasteiger partial charge in [0.1, 0.15) is 0 Å². The van der Waals surface area contributed by atoms with Crippen molar-refractivity contribution in [2.24, 2.45) is 11.5 Å². The molecular formula is C14H36N2O5S2Si. The van der Waals surface area contributed by atoms with Gasteiger partial charge >= 0.3 is 9.53 Å². The minimum Gasteiger partial charge on any atom is -0.487 e. The monoisotopic (exact) mass is 404 g/mol. The topological polar surface area (TPSA) is 120 Å². The van der Waals surface area contributed by atoms with E-state index in [1.54, 1.807) is 6.08 Å². The van der Waals surface area contributed by atoms with E-state index in [2.05, 4.69) is 56.3 Å². The smallest absolute Gasteiger partial charge is 0.484 e. The maximum absolute atomic E-state index is 7.56. The molecule has 0 unspecified atom stereocenters. The zero-order valence-corrected chi connectivity index (χ0v) is 18.6. The third kappa shape index (κ3) is 128. The summed E-state index contributed by atoms with van der Waals surface area (Å²) in [6, 6.07) is 0. The second-order valence-electron chi connectivity index (χ2n) is 3.45. The normalized spacial score (nSPS) is 7.79. The van der Waals surface area contributed by atoms with Gasteiger partial charge in [0.25, 0.3) is 10.3 Å². The largest absolute Gasteiger partial charge is 0.487 e. The van der Waals surface area contributed by atoms with Crippen molar-refractivity contribution in [3.05, 3.63) is 12.7 Å². The Morgan fingerprint density at radius 2 is 1.04 bits per heavy atom. The Balaban J connectivity index is -0.0000000718. The predicted molar refractivity (Wildman–Crippen MR) is 113 cm³/mol. The first-order valence-corrected chi connectivity index (χ1v) is 9.76. The van der Waals surface area contributed by atoms with Crippen LogP contribution in [0.25, 0.3) is 0 Å². The maximum atomic E-state index is 7.56. The van der Waals surface area contributed by atoms with Gasteiger partial charge < -0.3 is 35.0 Å². The molecule has 0 aromatic rings. The molecule has 0 aliphatic carbocycles. The molecule has 10 heteroatoms. The number of hydrogen-bond acceptors (Lipinski definition) is 5. The molecule has 0 heterocycles. The highest BCUT2D eigenvalue weighted by Crippen LogP contribution is 1.91. The molecule has 0 spiro atoms. The minimum absolute atomic E-state index is 0.500. The molecule has 148 valence electrons. The zero-order valence-electron chi connectivity index (χ0n) is 15.8. The van der Waals surface area contributed by atoms with E-state index in [9.17, 15) is 0 Å². The van der Waals surface area contributed by atoms with Gasteiger partial charge in [-0.15, -0.1) is 6.58 Å². The number of nitrogens with two attached hydrogens (primary N) is 2. The second-order valence-corrected chi connectivity index (χ2v) is 5.86. The summed E-state index contributed by atoms with van der Waals surface area (Å²) in [6.45, 7) is 17.4. The van der Waals surface area contributed by atoms with Crippen LogP contribution in [0.3, 0.4) is 0 Å². The Labute approximate surface area is 159 Å². The van der Waals surface area contributed by atoms with Crippen LogP contribution in [-0.4, -0.2) is 49.9 Å². The first-order chi connectivity index (χ1) is 11.1. The summed E-state index contributed by atoms with van der Waals surface area (Å²) in [5.74, 6) is 0. The van der Waals surface area contributed by atoms with Gasteiger partial charge in [-0.3, -0.25) is 0 Å². The number of aliphatic hydroxyl groups excluding tert-OH is 2. The summed E-state index contributed by atoms with van der Waals surface area (Å²) in [5, 5.41) is 14.1. The first-order valence-electron chi connectivity index (χ1n) is 7.53. The molecular weight excluding hydrogens is 368 g/mol. The summed E-state index contributed by atoms with van der Waals surface area (Å²) in [7, 11) is -1.73. The molecule has 0 aliphatic rings. The summed E-state index contributed by atoms with van der Waals surface area (Å²) in [4.78, 5) is 0. The van der Waals surface area contributed by atoms with Crippen LogP contribution in [0, 0.1) is 0 Å². The third-order valence-electron chi connectivity index (χ3n) is 0.908. The Bertz CT molecular complexity index is 229. The van der Waals surface area contributed by atoms with Gasteiger partial charge in [-0.2, -0.15) is 0 Å². The lowest BCUT2D eigenvalue weighted by molar-refractivity contribution is 0.107. The molecule has 24 heavy (non-hydrogen) atoms. The molecule has 0 amide bonds. The second kappa shape index (κ2) is 38.0. The van der Waals surface area contributed by atoms with Crippen molar-refractivity contribution >= 4 is 44.3 Å². The van der Waals surface area contributed by atoms with Crippen LogP contribution in [-0.2, 0) is 13.3 Å². The van der Waals surface area contributed by atoms with E-state index in [1.807, 2.05) is 27.7 Å². The fraction of sp³-hybridized carbons (Fsp3) is 0.714. The SMILES string of the molecule is C=CC.CCC.CCO[SiH](OCC)OCC.NC(O)=S.NC(O)=S. The highest BCUT2D eigenvalue weighted by molar-refractivity contribution is 7.80. The molecule has 0 saturated heterocycles. The summed E-state index contributed by atoms with van der Waals surface area (Å²) >= 11 is 7.74. The standard InChI is InChI=1S/C6H16O3Si.C3H8.C3H6.2CH3NOS/c1-4-7-10(8-5-2)9-6-3;2*1-3-2;2*2-1(3)4/h10H,4-6H2,1-3H3;3H2,1-2H3;3H,1H2,2H3;2*(H3,2,3,4). The van der Waals surface area contributed by atoms with E-state index in [0.717, 1.165) is 0 Å². The lowest BCUT2D eigenvalue weighted by Gasteiger charge is -2.12. The fourth-order valence-corrected chi connectivity index (χ4v) is 1.66. The van der Waals surface area contributed by atoms with Crippen molar-refractivity contribution in [2.75, 3.05) is 19.8 Å². The van der Waals surface area contributed by atoms with Crippen molar-refractivity contribution < 1.29 is 23.5 Å². The lowest BCUT2D eigenvalue weighted by atomic mass is 10.6. The molecule has 6 N–H and O–H groups in total. The van der Waals surface area contributed by atoms with Crippen LogP contribution < -0.4 is 11.5 Å². The molecule has 0 saturated carbocycles. The zero-order chi connectivity index (χ0) is 20.4. The van der Waals surface area contributed by atoms with Gasteiger partial charge in [-0.05, 0) is 52.1 Å².